The smallest absolute Gasteiger partial charge is 0.132 e. The molecule has 0 amide bonds. The van der Waals surface area contributed by atoms with E-state index in [0.717, 1.165) is 30.6 Å². The summed E-state index contributed by atoms with van der Waals surface area (Å²) in [6, 6.07) is 0. The van der Waals surface area contributed by atoms with Crippen molar-refractivity contribution in [2.75, 3.05) is 0 Å². The van der Waals surface area contributed by atoms with E-state index >= 15 is 0 Å². The van der Waals surface area contributed by atoms with Crippen molar-refractivity contribution in [1.82, 2.24) is 0 Å². The summed E-state index contributed by atoms with van der Waals surface area (Å²) in [5.41, 5.74) is 0. The van der Waals surface area contributed by atoms with Gasteiger partial charge in [0.15, 0.2) is 0 Å². The fourth-order valence-corrected chi connectivity index (χ4v) is 3.63. The molecule has 0 heterocycles. The van der Waals surface area contributed by atoms with Crippen molar-refractivity contribution in [3.05, 3.63) is 0 Å². The van der Waals surface area contributed by atoms with Crippen LogP contribution < -0.4 is 0 Å². The highest BCUT2D eigenvalue weighted by atomic mass is 16.1. The zero-order valence-corrected chi connectivity index (χ0v) is 14.3. The van der Waals surface area contributed by atoms with Gasteiger partial charge >= 0.3 is 0 Å². The van der Waals surface area contributed by atoms with Crippen LogP contribution in [0.1, 0.15) is 91.9 Å². The summed E-state index contributed by atoms with van der Waals surface area (Å²) in [6.45, 7) is 8.83. The van der Waals surface area contributed by atoms with Gasteiger partial charge in [0, 0.05) is 5.92 Å². The lowest BCUT2D eigenvalue weighted by atomic mass is 9.78. The minimum Gasteiger partial charge on any atom is -0.300 e. The van der Waals surface area contributed by atoms with Crippen LogP contribution in [-0.4, -0.2) is 5.78 Å². The monoisotopic (exact) mass is 280 g/mol. The zero-order valence-electron chi connectivity index (χ0n) is 14.3. The van der Waals surface area contributed by atoms with Gasteiger partial charge in [-0.25, -0.2) is 0 Å². The minimum absolute atomic E-state index is 0.390. The second-order valence-electron chi connectivity index (χ2n) is 7.69. The van der Waals surface area contributed by atoms with E-state index in [1.165, 1.54) is 51.4 Å². The average Bonchev–Trinajstić information content (AvgIpc) is 2.39. The van der Waals surface area contributed by atoms with Gasteiger partial charge in [0.1, 0.15) is 5.78 Å². The molecule has 1 aliphatic carbocycles. The minimum atomic E-state index is 0.390. The first-order chi connectivity index (χ1) is 9.49. The summed E-state index contributed by atoms with van der Waals surface area (Å²) in [7, 11) is 0. The zero-order chi connectivity index (χ0) is 15.0. The van der Waals surface area contributed by atoms with Crippen LogP contribution in [0.5, 0.6) is 0 Å². The molecule has 0 radical (unpaired) electrons. The highest BCUT2D eigenvalue weighted by Crippen LogP contribution is 2.32. The molecule has 1 rings (SSSR count). The Morgan fingerprint density at radius 1 is 0.950 bits per heavy atom. The van der Waals surface area contributed by atoms with Gasteiger partial charge in [-0.15, -0.1) is 0 Å². The summed E-state index contributed by atoms with van der Waals surface area (Å²) < 4.78 is 0. The third kappa shape index (κ3) is 7.45. The van der Waals surface area contributed by atoms with E-state index in [2.05, 4.69) is 20.8 Å². The van der Waals surface area contributed by atoms with Crippen molar-refractivity contribution in [2.24, 2.45) is 23.7 Å². The highest BCUT2D eigenvalue weighted by Gasteiger charge is 2.23. The Morgan fingerprint density at radius 2 is 1.55 bits per heavy atom. The first-order valence-corrected chi connectivity index (χ1v) is 8.99. The number of hydrogen-bond donors (Lipinski definition) is 0. The summed E-state index contributed by atoms with van der Waals surface area (Å²) in [5, 5.41) is 0. The molecule has 0 N–H and O–H groups in total. The van der Waals surface area contributed by atoms with Gasteiger partial charge in [-0.2, -0.15) is 0 Å². The normalized spacial score (nSPS) is 24.9. The molecule has 1 heteroatoms. The van der Waals surface area contributed by atoms with Crippen LogP contribution in [0.15, 0.2) is 0 Å². The van der Waals surface area contributed by atoms with E-state index in [1.807, 2.05) is 0 Å². The molecule has 1 atom stereocenters. The van der Waals surface area contributed by atoms with Crippen LogP contribution >= 0.6 is 0 Å². The van der Waals surface area contributed by atoms with Gasteiger partial charge in [0.2, 0.25) is 0 Å². The van der Waals surface area contributed by atoms with Crippen molar-refractivity contribution < 1.29 is 4.79 Å². The number of ketones is 1. The van der Waals surface area contributed by atoms with E-state index in [4.69, 9.17) is 0 Å². The van der Waals surface area contributed by atoms with E-state index in [9.17, 15) is 4.79 Å². The summed E-state index contributed by atoms with van der Waals surface area (Å²) in [4.78, 5) is 11.4. The molecule has 1 aliphatic rings. The van der Waals surface area contributed by atoms with Crippen molar-refractivity contribution in [3.63, 3.8) is 0 Å². The Balaban J connectivity index is 2.03. The Hall–Kier alpha value is -0.330. The molecule has 0 saturated heterocycles. The standard InChI is InChI=1S/C19H36O/c1-15(2)7-5-8-16(3)9-6-10-18-11-13-19(14-12-18)17(4)20/h15-16,18-19H,5-14H2,1-4H3. The van der Waals surface area contributed by atoms with Crippen LogP contribution in [0.2, 0.25) is 0 Å². The summed E-state index contributed by atoms with van der Waals surface area (Å²) >= 11 is 0. The van der Waals surface area contributed by atoms with E-state index in [-0.39, 0.29) is 0 Å². The Kier molecular flexibility index (Phi) is 8.49. The number of Topliss-reactive ketones (excluding diaryl/α,β-unsaturated/α-hetero) is 1. The molecule has 1 fully saturated rings. The van der Waals surface area contributed by atoms with Crippen molar-refractivity contribution in [3.8, 4) is 0 Å². The molecule has 0 aromatic rings. The molecule has 0 aromatic heterocycles. The number of rotatable bonds is 9. The predicted octanol–water partition coefficient (Wildman–Crippen LogP) is 6.01. The number of carbonyl (C=O) groups excluding carboxylic acids is 1. The maximum atomic E-state index is 11.4. The summed E-state index contributed by atoms with van der Waals surface area (Å²) in [6.07, 6.45) is 13.3. The second kappa shape index (κ2) is 9.58. The Bertz CT molecular complexity index is 261. The van der Waals surface area contributed by atoms with Crippen LogP contribution in [0, 0.1) is 23.7 Å². The Labute approximate surface area is 126 Å². The maximum absolute atomic E-state index is 11.4. The first-order valence-electron chi connectivity index (χ1n) is 8.99. The first kappa shape index (κ1) is 17.7. The molecule has 1 saturated carbocycles. The van der Waals surface area contributed by atoms with Crippen LogP contribution in [-0.2, 0) is 4.79 Å². The number of carbonyl (C=O) groups is 1. The van der Waals surface area contributed by atoms with Crippen LogP contribution in [0.25, 0.3) is 0 Å². The van der Waals surface area contributed by atoms with Gasteiger partial charge in [-0.1, -0.05) is 59.3 Å². The van der Waals surface area contributed by atoms with Gasteiger partial charge in [-0.3, -0.25) is 4.79 Å². The van der Waals surface area contributed by atoms with Crippen molar-refractivity contribution in [1.29, 1.82) is 0 Å². The van der Waals surface area contributed by atoms with Gasteiger partial charge < -0.3 is 0 Å². The molecular formula is C19H36O. The van der Waals surface area contributed by atoms with E-state index in [1.54, 1.807) is 6.92 Å². The molecule has 0 aromatic carbocycles. The quantitative estimate of drug-likeness (QED) is 0.505. The van der Waals surface area contributed by atoms with Gasteiger partial charge in [-0.05, 0) is 50.4 Å². The van der Waals surface area contributed by atoms with Crippen molar-refractivity contribution >= 4 is 5.78 Å². The fourth-order valence-electron chi connectivity index (χ4n) is 3.63. The van der Waals surface area contributed by atoms with E-state index < -0.39 is 0 Å². The van der Waals surface area contributed by atoms with Gasteiger partial charge in [0.05, 0.1) is 0 Å². The predicted molar refractivity (Wildman–Crippen MR) is 87.8 cm³/mol. The highest BCUT2D eigenvalue weighted by molar-refractivity contribution is 5.78. The van der Waals surface area contributed by atoms with Crippen LogP contribution in [0.3, 0.4) is 0 Å². The number of hydrogen-bond acceptors (Lipinski definition) is 1. The lowest BCUT2D eigenvalue weighted by Crippen LogP contribution is -2.19. The molecule has 0 bridgehead atoms. The second-order valence-corrected chi connectivity index (χ2v) is 7.69. The molecular weight excluding hydrogens is 244 g/mol. The summed E-state index contributed by atoms with van der Waals surface area (Å²) in [5.74, 6) is 3.48. The largest absolute Gasteiger partial charge is 0.300 e. The molecule has 0 aliphatic heterocycles. The van der Waals surface area contributed by atoms with E-state index in [0.29, 0.717) is 11.7 Å². The molecule has 0 spiro atoms. The molecule has 118 valence electrons. The third-order valence-corrected chi connectivity index (χ3v) is 5.21. The average molecular weight is 280 g/mol. The SMILES string of the molecule is CC(=O)C1CCC(CCCC(C)CCCC(C)C)CC1. The molecule has 1 unspecified atom stereocenters. The molecule has 1 nitrogen and oxygen atoms in total. The Morgan fingerprint density at radius 3 is 2.10 bits per heavy atom. The lowest BCUT2D eigenvalue weighted by molar-refractivity contribution is -0.121. The van der Waals surface area contributed by atoms with Gasteiger partial charge in [0.25, 0.3) is 0 Å². The fraction of sp³-hybridized carbons (Fsp3) is 0.947. The third-order valence-electron chi connectivity index (χ3n) is 5.21. The maximum Gasteiger partial charge on any atom is 0.132 e. The van der Waals surface area contributed by atoms with Crippen molar-refractivity contribution in [2.45, 2.75) is 91.9 Å². The lowest BCUT2D eigenvalue weighted by Gasteiger charge is -2.27. The topological polar surface area (TPSA) is 17.1 Å². The van der Waals surface area contributed by atoms with Crippen LogP contribution in [0.4, 0.5) is 0 Å². The molecule has 20 heavy (non-hydrogen) atoms.